The average Bonchev–Trinajstić information content (AvgIpc) is 3.88. The van der Waals surface area contributed by atoms with Gasteiger partial charge in [-0.15, -0.1) is 16.9 Å². The topological polar surface area (TPSA) is 119 Å². The van der Waals surface area contributed by atoms with E-state index in [9.17, 15) is 15.0 Å². The number of aromatic nitrogens is 6. The van der Waals surface area contributed by atoms with Crippen molar-refractivity contribution in [2.45, 2.75) is 42.5 Å². The minimum absolute atomic E-state index is 0.186. The maximum Gasteiger partial charge on any atom is 0.354 e. The number of hydrogen-bond donors (Lipinski definition) is 2. The second-order valence-electron chi connectivity index (χ2n) is 13.7. The van der Waals surface area contributed by atoms with Crippen molar-refractivity contribution in [3.05, 3.63) is 203 Å². The number of aryl methyl sites for hydroxylation is 1. The highest BCUT2D eigenvalue weighted by Crippen LogP contribution is 2.43. The molecule has 0 aliphatic heterocycles. The average molecular weight is 769 g/mol. The number of carboxylic acids is 1. The van der Waals surface area contributed by atoms with Gasteiger partial charge in [0, 0.05) is 29.2 Å². The molecule has 2 aromatic heterocycles. The fraction of sp³-hybridized carbons (Fsp3) is 0.128. The van der Waals surface area contributed by atoms with E-state index in [4.69, 9.17) is 15.3 Å². The lowest BCUT2D eigenvalue weighted by molar-refractivity contribution is 0.0684. The maximum absolute atomic E-state index is 12.7. The van der Waals surface area contributed by atoms with Crippen LogP contribution in [0.4, 0.5) is 0 Å². The number of thioether (sulfide) groups is 1. The molecule has 0 aliphatic carbocycles. The Morgan fingerprint density at radius 3 is 1.82 bits per heavy atom. The highest BCUT2D eigenvalue weighted by molar-refractivity contribution is 7.98. The third-order valence-electron chi connectivity index (χ3n) is 10.1. The number of carboxylic acid groups (broad SMARTS) is 1. The molecule has 0 fully saturated rings. The first kappa shape index (κ1) is 37.2. The molecule has 0 saturated heterocycles. The van der Waals surface area contributed by atoms with Gasteiger partial charge in [0.05, 0.1) is 5.69 Å². The van der Waals surface area contributed by atoms with Gasteiger partial charge < -0.3 is 14.8 Å². The van der Waals surface area contributed by atoms with Crippen LogP contribution in [0.5, 0.6) is 5.75 Å². The minimum atomic E-state index is -1.01. The van der Waals surface area contributed by atoms with Gasteiger partial charge in [-0.1, -0.05) is 146 Å². The number of nitrogens with zero attached hydrogens (tertiary/aromatic N) is 6. The zero-order valence-electron chi connectivity index (χ0n) is 31.3. The molecule has 0 radical (unpaired) electrons. The molecule has 10 heteroatoms. The van der Waals surface area contributed by atoms with E-state index in [1.165, 1.54) is 11.8 Å². The molecule has 2 heterocycles. The molecule has 2 N–H and O–H groups in total. The van der Waals surface area contributed by atoms with E-state index in [0.717, 1.165) is 56.1 Å². The van der Waals surface area contributed by atoms with Gasteiger partial charge in [-0.05, 0) is 74.5 Å². The Labute approximate surface area is 335 Å². The van der Waals surface area contributed by atoms with Gasteiger partial charge >= 0.3 is 5.97 Å². The normalized spacial score (nSPS) is 11.5. The van der Waals surface area contributed by atoms with Crippen LogP contribution >= 0.6 is 11.8 Å². The van der Waals surface area contributed by atoms with Crippen LogP contribution in [-0.4, -0.2) is 45.9 Å². The Bertz CT molecular complexity index is 2490. The number of tetrazole rings is 1. The third kappa shape index (κ3) is 7.35. The number of phenols is 1. The number of aromatic carboxylic acids is 1. The number of aromatic hydroxyl groups is 1. The standard InChI is InChI=1S/C47H40N6O3S/c1-2-14-43-48-42(32-57-39-29-27-38(54)28-30-39)44(46(55)56)52(43)31-33-23-25-34(26-24-33)40-21-12-13-22-41(40)45-49-50-51-53(45)47(35-15-6-3-7-16-35,36-17-8-4-9-18-36)37-19-10-5-11-20-37/h3-13,15-30,54H,2,14,31-32H2,1H3,(H,55,56). The first-order chi connectivity index (χ1) is 28.0. The number of phenolic OH excluding ortho intramolecular Hbond substituents is 1. The molecule has 9 nitrogen and oxygen atoms in total. The fourth-order valence-corrected chi connectivity index (χ4v) is 8.39. The molecule has 6 aromatic carbocycles. The predicted octanol–water partition coefficient (Wildman–Crippen LogP) is 9.74. The Balaban J connectivity index is 1.17. The van der Waals surface area contributed by atoms with Crippen molar-refractivity contribution < 1.29 is 15.0 Å². The van der Waals surface area contributed by atoms with Crippen LogP contribution in [0.1, 0.15) is 57.6 Å². The summed E-state index contributed by atoms with van der Waals surface area (Å²) in [5.41, 5.74) is 6.62. The van der Waals surface area contributed by atoms with Gasteiger partial charge in [-0.3, -0.25) is 0 Å². The van der Waals surface area contributed by atoms with Crippen LogP contribution in [0, 0.1) is 0 Å². The fourth-order valence-electron chi connectivity index (χ4n) is 7.56. The number of rotatable bonds is 14. The Morgan fingerprint density at radius 2 is 1.26 bits per heavy atom. The van der Waals surface area contributed by atoms with Crippen molar-refractivity contribution in [1.82, 2.24) is 29.8 Å². The summed E-state index contributed by atoms with van der Waals surface area (Å²) >= 11 is 1.49. The van der Waals surface area contributed by atoms with E-state index >= 15 is 0 Å². The first-order valence-electron chi connectivity index (χ1n) is 18.8. The summed E-state index contributed by atoms with van der Waals surface area (Å²) in [5.74, 6) is 0.928. The highest BCUT2D eigenvalue weighted by Gasteiger charge is 2.42. The number of hydrogen-bond acceptors (Lipinski definition) is 7. The molecule has 8 aromatic rings. The van der Waals surface area contributed by atoms with Gasteiger partial charge in [-0.2, -0.15) is 0 Å². The molecule has 0 amide bonds. The molecule has 8 rings (SSSR count). The largest absolute Gasteiger partial charge is 0.508 e. The first-order valence-corrected chi connectivity index (χ1v) is 19.8. The van der Waals surface area contributed by atoms with Crippen molar-refractivity contribution >= 4 is 17.7 Å². The molecule has 0 unspecified atom stereocenters. The van der Waals surface area contributed by atoms with Crippen molar-refractivity contribution in [3.63, 3.8) is 0 Å². The van der Waals surface area contributed by atoms with Crippen LogP contribution in [0.15, 0.2) is 169 Å². The van der Waals surface area contributed by atoms with Gasteiger partial charge in [0.25, 0.3) is 0 Å². The third-order valence-corrected chi connectivity index (χ3v) is 11.2. The van der Waals surface area contributed by atoms with Gasteiger partial charge in [-0.25, -0.2) is 14.5 Å². The number of carbonyl (C=O) groups is 1. The maximum atomic E-state index is 12.7. The van der Waals surface area contributed by atoms with Gasteiger partial charge in [0.1, 0.15) is 17.1 Å². The molecule has 0 atom stereocenters. The smallest absolute Gasteiger partial charge is 0.354 e. The highest BCUT2D eigenvalue weighted by atomic mass is 32.2. The quantitative estimate of drug-likeness (QED) is 0.0830. The Hall–Kier alpha value is -6.78. The summed E-state index contributed by atoms with van der Waals surface area (Å²) in [6, 6.07) is 54.3. The molecule has 0 spiro atoms. The predicted molar refractivity (Wildman–Crippen MR) is 223 cm³/mol. The molecule has 282 valence electrons. The summed E-state index contributed by atoms with van der Waals surface area (Å²) in [6.45, 7) is 2.43. The molecular weight excluding hydrogens is 729 g/mol. The number of benzene rings is 6. The second kappa shape index (κ2) is 16.5. The zero-order valence-corrected chi connectivity index (χ0v) is 32.1. The minimum Gasteiger partial charge on any atom is -0.508 e. The SMILES string of the molecule is CCCc1nc(CSc2ccc(O)cc2)c(C(=O)O)n1Cc1ccc(-c2ccccc2-c2nnnn2C(c2ccccc2)(c2ccccc2)c2ccccc2)cc1. The molecule has 0 saturated carbocycles. The van der Waals surface area contributed by atoms with Crippen molar-refractivity contribution in [1.29, 1.82) is 0 Å². The van der Waals surface area contributed by atoms with Gasteiger partial charge in [0.2, 0.25) is 0 Å². The monoisotopic (exact) mass is 768 g/mol. The summed E-state index contributed by atoms with van der Waals surface area (Å²) in [7, 11) is 0. The van der Waals surface area contributed by atoms with E-state index in [1.807, 2.05) is 100 Å². The molecule has 57 heavy (non-hydrogen) atoms. The van der Waals surface area contributed by atoms with Gasteiger partial charge in [0.15, 0.2) is 11.5 Å². The van der Waals surface area contributed by atoms with Crippen LogP contribution in [0.3, 0.4) is 0 Å². The lowest BCUT2D eigenvalue weighted by atomic mass is 9.77. The lowest BCUT2D eigenvalue weighted by Crippen LogP contribution is -2.39. The van der Waals surface area contributed by atoms with Crippen LogP contribution in [0.25, 0.3) is 22.5 Å². The van der Waals surface area contributed by atoms with Crippen LogP contribution < -0.4 is 0 Å². The molecule has 0 aliphatic rings. The van der Waals surface area contributed by atoms with E-state index in [0.29, 0.717) is 30.2 Å². The zero-order chi connectivity index (χ0) is 39.2. The van der Waals surface area contributed by atoms with E-state index in [2.05, 4.69) is 72.8 Å². The Morgan fingerprint density at radius 1 is 0.702 bits per heavy atom. The molecular formula is C47H40N6O3S. The van der Waals surface area contributed by atoms with Crippen molar-refractivity contribution in [3.8, 4) is 28.3 Å². The van der Waals surface area contributed by atoms with E-state index in [-0.39, 0.29) is 11.4 Å². The van der Waals surface area contributed by atoms with E-state index < -0.39 is 11.5 Å². The summed E-state index contributed by atoms with van der Waals surface area (Å²) in [6.07, 6.45) is 1.48. The second-order valence-corrected chi connectivity index (χ2v) is 14.8. The molecule has 0 bridgehead atoms. The lowest BCUT2D eigenvalue weighted by Gasteiger charge is -2.36. The van der Waals surface area contributed by atoms with E-state index in [1.54, 1.807) is 12.1 Å². The summed E-state index contributed by atoms with van der Waals surface area (Å²) in [5, 5.41) is 33.9. The Kier molecular flexibility index (Phi) is 10.8. The van der Waals surface area contributed by atoms with Crippen LogP contribution in [0.2, 0.25) is 0 Å². The van der Waals surface area contributed by atoms with Crippen molar-refractivity contribution in [2.75, 3.05) is 0 Å². The summed E-state index contributed by atoms with van der Waals surface area (Å²) in [4.78, 5) is 18.5. The summed E-state index contributed by atoms with van der Waals surface area (Å²) < 4.78 is 3.78. The van der Waals surface area contributed by atoms with Crippen LogP contribution in [-0.2, 0) is 24.3 Å². The van der Waals surface area contributed by atoms with Crippen molar-refractivity contribution in [2.24, 2.45) is 0 Å². The number of imidazole rings is 1.